The van der Waals surface area contributed by atoms with Gasteiger partial charge in [0.15, 0.2) is 0 Å². The van der Waals surface area contributed by atoms with Crippen LogP contribution < -0.4 is 10.6 Å². The molecule has 2 aromatic carbocycles. The monoisotopic (exact) mass is 386 g/mol. The molecule has 0 aliphatic carbocycles. The van der Waals surface area contributed by atoms with Crippen LogP contribution in [0.1, 0.15) is 36.5 Å². The van der Waals surface area contributed by atoms with Crippen LogP contribution in [-0.2, 0) is 6.18 Å². The van der Waals surface area contributed by atoms with Crippen LogP contribution in [0.5, 0.6) is 0 Å². The van der Waals surface area contributed by atoms with Gasteiger partial charge in [0.1, 0.15) is 11.4 Å². The van der Waals surface area contributed by atoms with Crippen molar-refractivity contribution in [2.45, 2.75) is 32.9 Å². The highest BCUT2D eigenvalue weighted by Gasteiger charge is 2.35. The molecule has 0 saturated heterocycles. The van der Waals surface area contributed by atoms with Crippen LogP contribution in [-0.4, -0.2) is 9.97 Å². The summed E-state index contributed by atoms with van der Waals surface area (Å²) >= 11 is 0. The van der Waals surface area contributed by atoms with Crippen molar-refractivity contribution in [2.24, 2.45) is 0 Å². The van der Waals surface area contributed by atoms with Gasteiger partial charge in [-0.15, -0.1) is 0 Å². The van der Waals surface area contributed by atoms with Crippen LogP contribution in [0.3, 0.4) is 0 Å². The summed E-state index contributed by atoms with van der Waals surface area (Å²) in [5.41, 5.74) is 2.31. The smallest absolute Gasteiger partial charge is 0.340 e. The second-order valence-electron chi connectivity index (χ2n) is 6.80. The molecule has 3 rings (SSSR count). The molecule has 146 valence electrons. The van der Waals surface area contributed by atoms with Gasteiger partial charge in [0, 0.05) is 17.6 Å². The minimum absolute atomic E-state index is 0.0878. The molecule has 0 amide bonds. The molecule has 28 heavy (non-hydrogen) atoms. The first-order valence-corrected chi connectivity index (χ1v) is 8.88. The van der Waals surface area contributed by atoms with E-state index in [1.165, 1.54) is 0 Å². The van der Waals surface area contributed by atoms with Crippen LogP contribution in [0.15, 0.2) is 54.7 Å². The summed E-state index contributed by atoms with van der Waals surface area (Å²) in [6.45, 7) is 5.94. The van der Waals surface area contributed by atoms with Crippen LogP contribution in [0.25, 0.3) is 0 Å². The fourth-order valence-corrected chi connectivity index (χ4v) is 2.69. The lowest BCUT2D eigenvalue weighted by atomic mass is 10.0. The van der Waals surface area contributed by atoms with Gasteiger partial charge in [0.25, 0.3) is 0 Å². The molecule has 0 fully saturated rings. The number of nitrogens with one attached hydrogen (secondary N) is 2. The van der Waals surface area contributed by atoms with E-state index >= 15 is 0 Å². The quantitative estimate of drug-likeness (QED) is 0.532. The number of hydrogen-bond acceptors (Lipinski definition) is 4. The number of anilines is 4. The minimum Gasteiger partial charge on any atom is -0.340 e. The first kappa shape index (κ1) is 19.7. The number of para-hydroxylation sites is 1. The van der Waals surface area contributed by atoms with Crippen molar-refractivity contribution in [3.8, 4) is 0 Å². The van der Waals surface area contributed by atoms with Gasteiger partial charge in [0.05, 0.1) is 0 Å². The molecule has 0 spiro atoms. The zero-order valence-electron chi connectivity index (χ0n) is 15.8. The Kier molecular flexibility index (Phi) is 5.53. The van der Waals surface area contributed by atoms with Crippen LogP contribution in [0.2, 0.25) is 0 Å². The molecule has 0 bridgehead atoms. The molecule has 0 saturated carbocycles. The molecule has 0 radical (unpaired) electrons. The summed E-state index contributed by atoms with van der Waals surface area (Å²) in [6, 6.07) is 14.7. The second-order valence-corrected chi connectivity index (χ2v) is 6.80. The molecule has 0 aliphatic rings. The number of hydrogen-bond donors (Lipinski definition) is 2. The number of aromatic nitrogens is 2. The third-order valence-corrected chi connectivity index (χ3v) is 4.30. The lowest BCUT2D eigenvalue weighted by Gasteiger charge is -2.16. The summed E-state index contributed by atoms with van der Waals surface area (Å²) < 4.78 is 40.3. The molecule has 1 heterocycles. The lowest BCUT2D eigenvalue weighted by Crippen LogP contribution is -2.13. The molecule has 0 atom stereocenters. The predicted molar refractivity (Wildman–Crippen MR) is 105 cm³/mol. The third-order valence-electron chi connectivity index (χ3n) is 4.30. The van der Waals surface area contributed by atoms with E-state index in [9.17, 15) is 13.2 Å². The van der Waals surface area contributed by atoms with Crippen molar-refractivity contribution in [1.82, 2.24) is 9.97 Å². The summed E-state index contributed by atoms with van der Waals surface area (Å²) in [5.74, 6) is 0.0526. The van der Waals surface area contributed by atoms with Crippen molar-refractivity contribution in [3.63, 3.8) is 0 Å². The molecular weight excluding hydrogens is 365 g/mol. The van der Waals surface area contributed by atoms with Gasteiger partial charge in [0.2, 0.25) is 5.95 Å². The minimum atomic E-state index is -4.57. The maximum absolute atomic E-state index is 13.4. The fourth-order valence-electron chi connectivity index (χ4n) is 2.69. The Balaban J connectivity index is 1.97. The number of rotatable bonds is 5. The normalized spacial score (nSPS) is 11.5. The van der Waals surface area contributed by atoms with E-state index in [0.29, 0.717) is 5.69 Å². The Bertz CT molecular complexity index is 968. The van der Waals surface area contributed by atoms with Crippen LogP contribution >= 0.6 is 0 Å². The standard InChI is InChI=1S/C21H21F3N4/c1-13(2)15-8-6-9-16(11-15)26-19-17(21(22,23)24)12-25-20(28-19)27-18-10-5-4-7-14(18)3/h4-13H,1-3H3,(H2,25,26,27,28). The molecule has 3 aromatic rings. The van der Waals surface area contributed by atoms with Crippen molar-refractivity contribution >= 4 is 23.1 Å². The zero-order chi connectivity index (χ0) is 20.3. The number of halogens is 3. The van der Waals surface area contributed by atoms with Crippen molar-refractivity contribution in [1.29, 1.82) is 0 Å². The highest BCUT2D eigenvalue weighted by atomic mass is 19.4. The van der Waals surface area contributed by atoms with Crippen molar-refractivity contribution < 1.29 is 13.2 Å². The van der Waals surface area contributed by atoms with Crippen molar-refractivity contribution in [3.05, 3.63) is 71.4 Å². The van der Waals surface area contributed by atoms with E-state index in [2.05, 4.69) is 20.6 Å². The maximum Gasteiger partial charge on any atom is 0.421 e. The zero-order valence-corrected chi connectivity index (χ0v) is 15.8. The van der Waals surface area contributed by atoms with E-state index in [1.54, 1.807) is 12.1 Å². The van der Waals surface area contributed by atoms with E-state index in [1.807, 2.05) is 57.2 Å². The Labute approximate surface area is 161 Å². The lowest BCUT2D eigenvalue weighted by molar-refractivity contribution is -0.137. The molecular formula is C21H21F3N4. The Morgan fingerprint density at radius 1 is 0.964 bits per heavy atom. The maximum atomic E-state index is 13.4. The molecule has 1 aromatic heterocycles. The first-order valence-electron chi connectivity index (χ1n) is 8.88. The fraction of sp³-hybridized carbons (Fsp3) is 0.238. The highest BCUT2D eigenvalue weighted by Crippen LogP contribution is 2.35. The Morgan fingerprint density at radius 2 is 1.71 bits per heavy atom. The largest absolute Gasteiger partial charge is 0.421 e. The third kappa shape index (κ3) is 4.60. The Morgan fingerprint density at radius 3 is 2.39 bits per heavy atom. The average molecular weight is 386 g/mol. The number of nitrogens with zero attached hydrogens (tertiary/aromatic N) is 2. The van der Waals surface area contributed by atoms with E-state index in [0.717, 1.165) is 23.0 Å². The second kappa shape index (κ2) is 7.88. The van der Waals surface area contributed by atoms with Crippen molar-refractivity contribution in [2.75, 3.05) is 10.6 Å². The predicted octanol–water partition coefficient (Wildman–Crippen LogP) is 6.41. The molecule has 0 aliphatic heterocycles. The first-order chi connectivity index (χ1) is 13.2. The van der Waals surface area contributed by atoms with Crippen LogP contribution in [0.4, 0.5) is 36.3 Å². The molecule has 0 unspecified atom stereocenters. The van der Waals surface area contributed by atoms with Gasteiger partial charge in [-0.05, 0) is 42.2 Å². The van der Waals surface area contributed by atoms with E-state index < -0.39 is 11.7 Å². The number of alkyl halides is 3. The Hall–Kier alpha value is -3.09. The van der Waals surface area contributed by atoms with Crippen LogP contribution in [0, 0.1) is 6.92 Å². The summed E-state index contributed by atoms with van der Waals surface area (Å²) in [6.07, 6.45) is -3.78. The van der Waals surface area contributed by atoms with Gasteiger partial charge in [-0.2, -0.15) is 18.2 Å². The molecule has 4 nitrogen and oxygen atoms in total. The molecule has 2 N–H and O–H groups in total. The van der Waals surface area contributed by atoms with E-state index in [-0.39, 0.29) is 17.7 Å². The molecule has 7 heteroatoms. The van der Waals surface area contributed by atoms with E-state index in [4.69, 9.17) is 0 Å². The topological polar surface area (TPSA) is 49.8 Å². The summed E-state index contributed by atoms with van der Waals surface area (Å²) in [5, 5.41) is 5.78. The van der Waals surface area contributed by atoms with Gasteiger partial charge < -0.3 is 10.6 Å². The van der Waals surface area contributed by atoms with Gasteiger partial charge in [-0.1, -0.05) is 44.2 Å². The summed E-state index contributed by atoms with van der Waals surface area (Å²) in [4.78, 5) is 7.94. The van der Waals surface area contributed by atoms with Gasteiger partial charge >= 0.3 is 6.18 Å². The SMILES string of the molecule is Cc1ccccc1Nc1ncc(C(F)(F)F)c(Nc2cccc(C(C)C)c2)n1. The average Bonchev–Trinajstić information content (AvgIpc) is 2.63. The van der Waals surface area contributed by atoms with Gasteiger partial charge in [-0.25, -0.2) is 4.98 Å². The number of aryl methyl sites for hydroxylation is 1. The highest BCUT2D eigenvalue weighted by molar-refractivity contribution is 5.64. The number of benzene rings is 2. The summed E-state index contributed by atoms with van der Waals surface area (Å²) in [7, 11) is 0. The van der Waals surface area contributed by atoms with Gasteiger partial charge in [-0.3, -0.25) is 0 Å².